The molecule has 0 aliphatic carbocycles. The van der Waals surface area contributed by atoms with E-state index in [4.69, 9.17) is 16.3 Å². The number of H-pyrrole nitrogens is 1. The number of hydrogen-bond donors (Lipinski definition) is 2. The molecule has 2 aromatic carbocycles. The second kappa shape index (κ2) is 11.0. The zero-order valence-corrected chi connectivity index (χ0v) is 23.1. The molecule has 1 fully saturated rings. The summed E-state index contributed by atoms with van der Waals surface area (Å²) in [6.07, 6.45) is 1.76. The zero-order valence-electron chi connectivity index (χ0n) is 20.7. The topological polar surface area (TPSA) is 83.1 Å². The monoisotopic (exact) mass is 563 g/mol. The minimum atomic E-state index is -0.190. The summed E-state index contributed by atoms with van der Waals surface area (Å²) in [5.74, 6) is 1.04. The van der Waals surface area contributed by atoms with Crippen molar-refractivity contribution in [1.82, 2.24) is 15.0 Å². The molecule has 1 atom stereocenters. The van der Waals surface area contributed by atoms with Gasteiger partial charge in [0.1, 0.15) is 0 Å². The van der Waals surface area contributed by atoms with Gasteiger partial charge in [-0.2, -0.15) is 0 Å². The van der Waals surface area contributed by atoms with Crippen molar-refractivity contribution in [3.63, 3.8) is 0 Å². The lowest BCUT2D eigenvalue weighted by molar-refractivity contribution is 0.122. The fraction of sp³-hybridized carbons (Fsp3) is 0.250. The number of aromatic amines is 1. The number of morpholine rings is 1. The maximum absolute atomic E-state index is 12.6. The van der Waals surface area contributed by atoms with E-state index in [1.807, 2.05) is 19.1 Å². The summed E-state index contributed by atoms with van der Waals surface area (Å²) in [4.78, 5) is 31.5. The minimum absolute atomic E-state index is 0.0994. The van der Waals surface area contributed by atoms with Crippen molar-refractivity contribution in [3.05, 3.63) is 82.7 Å². The molecule has 4 aromatic rings. The van der Waals surface area contributed by atoms with Gasteiger partial charge in [-0.3, -0.25) is 4.79 Å². The van der Waals surface area contributed by atoms with Gasteiger partial charge in [0.25, 0.3) is 0 Å². The first-order valence-electron chi connectivity index (χ1n) is 12.4. The van der Waals surface area contributed by atoms with Crippen molar-refractivity contribution in [2.75, 3.05) is 42.4 Å². The number of alkyl halides is 1. The van der Waals surface area contributed by atoms with Crippen LogP contribution in [0.3, 0.4) is 0 Å². The number of pyridine rings is 1. The van der Waals surface area contributed by atoms with Crippen molar-refractivity contribution in [3.8, 4) is 11.3 Å². The molecule has 7 nitrogen and oxygen atoms in total. The molecule has 10 heteroatoms. The summed E-state index contributed by atoms with van der Waals surface area (Å²) < 4.78 is 5.49. The summed E-state index contributed by atoms with van der Waals surface area (Å²) in [5, 5.41) is 3.49. The zero-order chi connectivity index (χ0) is 26.1. The highest BCUT2D eigenvalue weighted by molar-refractivity contribution is 8.05. The van der Waals surface area contributed by atoms with E-state index in [1.165, 1.54) is 9.79 Å². The minimum Gasteiger partial charge on any atom is -0.378 e. The Bertz CT molecular complexity index is 1540. The molecule has 0 spiro atoms. The van der Waals surface area contributed by atoms with E-state index in [1.54, 1.807) is 35.8 Å². The number of nitrogens with one attached hydrogen (secondary N) is 2. The average molecular weight is 564 g/mol. The third-order valence-electron chi connectivity index (χ3n) is 6.47. The van der Waals surface area contributed by atoms with Gasteiger partial charge in [0, 0.05) is 73.4 Å². The number of halogens is 1. The number of benzene rings is 2. The number of ether oxygens (including phenoxy) is 1. The van der Waals surface area contributed by atoms with Crippen molar-refractivity contribution in [2.24, 2.45) is 0 Å². The van der Waals surface area contributed by atoms with E-state index in [0.717, 1.165) is 51.2 Å². The Morgan fingerprint density at radius 1 is 1.08 bits per heavy atom. The van der Waals surface area contributed by atoms with Crippen LogP contribution in [0.1, 0.15) is 17.6 Å². The number of nitrogens with zero attached hydrogens (tertiary/aromatic N) is 3. The second-order valence-corrected chi connectivity index (χ2v) is 11.6. The number of hydrogen-bond acceptors (Lipinski definition) is 8. The molecule has 0 saturated carbocycles. The van der Waals surface area contributed by atoms with Gasteiger partial charge in [-0.15, -0.1) is 11.6 Å². The number of fused-ring (bicyclic) bond motifs is 2. The first kappa shape index (κ1) is 25.3. The van der Waals surface area contributed by atoms with E-state index in [-0.39, 0.29) is 11.6 Å². The van der Waals surface area contributed by atoms with Crippen LogP contribution in [0.2, 0.25) is 0 Å². The molecule has 2 N–H and O–H groups in total. The van der Waals surface area contributed by atoms with Crippen LogP contribution in [0.5, 0.6) is 0 Å². The summed E-state index contributed by atoms with van der Waals surface area (Å²) in [7, 11) is 0. The van der Waals surface area contributed by atoms with Gasteiger partial charge in [-0.25, -0.2) is 9.97 Å². The molecule has 2 aliphatic heterocycles. The molecule has 194 valence electrons. The smallest absolute Gasteiger partial charge is 0.250 e. The van der Waals surface area contributed by atoms with Gasteiger partial charge in [-0.05, 0) is 43.3 Å². The Morgan fingerprint density at radius 3 is 2.76 bits per heavy atom. The summed E-state index contributed by atoms with van der Waals surface area (Å²) in [5.41, 5.74) is 4.56. The Hall–Kier alpha value is -2.98. The molecule has 6 rings (SSSR count). The average Bonchev–Trinajstić information content (AvgIpc) is 2.94. The van der Waals surface area contributed by atoms with Gasteiger partial charge < -0.3 is 19.9 Å². The van der Waals surface area contributed by atoms with Gasteiger partial charge in [0.15, 0.2) is 5.82 Å². The summed E-state index contributed by atoms with van der Waals surface area (Å²) in [6, 6.07) is 18.0. The van der Waals surface area contributed by atoms with E-state index in [9.17, 15) is 4.79 Å². The van der Waals surface area contributed by atoms with Crippen LogP contribution in [0.15, 0.2) is 85.2 Å². The Labute approximate surface area is 234 Å². The Morgan fingerprint density at radius 2 is 1.95 bits per heavy atom. The molecule has 0 radical (unpaired) electrons. The van der Waals surface area contributed by atoms with Gasteiger partial charge >= 0.3 is 0 Å². The fourth-order valence-corrected chi connectivity index (χ4v) is 7.22. The van der Waals surface area contributed by atoms with Crippen molar-refractivity contribution < 1.29 is 4.74 Å². The standard InChI is InChI=1S/C28H26ClN5O2S2/c1-17-7-8-30-28(31-17)22(16-29)32-18-5-6-23-25(13-18)37-24-4-2-3-20(27(24)38-23)21-14-19(15-26(35)33-21)34-9-11-36-12-10-34/h2-8,13-15,22,32H,9-12,16H2,1H3,(H,33,35). The molecular weight excluding hydrogens is 538 g/mol. The van der Waals surface area contributed by atoms with E-state index >= 15 is 0 Å². The highest BCUT2D eigenvalue weighted by atomic mass is 35.5. The third-order valence-corrected chi connectivity index (χ3v) is 9.38. The van der Waals surface area contributed by atoms with Crippen LogP contribution in [0.4, 0.5) is 11.4 Å². The normalized spacial score (nSPS) is 15.5. The van der Waals surface area contributed by atoms with Crippen LogP contribution in [0.25, 0.3) is 11.3 Å². The largest absolute Gasteiger partial charge is 0.378 e. The molecule has 2 aromatic heterocycles. The predicted molar refractivity (Wildman–Crippen MR) is 154 cm³/mol. The van der Waals surface area contributed by atoms with Crippen LogP contribution < -0.4 is 15.8 Å². The fourth-order valence-electron chi connectivity index (χ4n) is 4.59. The first-order valence-corrected chi connectivity index (χ1v) is 14.6. The van der Waals surface area contributed by atoms with Crippen LogP contribution in [0, 0.1) is 6.92 Å². The summed E-state index contributed by atoms with van der Waals surface area (Å²) in [6.45, 7) is 4.86. The number of aryl methyl sites for hydroxylation is 1. The molecular formula is C28H26ClN5O2S2. The predicted octanol–water partition coefficient (Wildman–Crippen LogP) is 5.98. The maximum Gasteiger partial charge on any atom is 0.250 e. The second-order valence-electron chi connectivity index (χ2n) is 9.12. The Kier molecular flexibility index (Phi) is 7.34. The molecule has 38 heavy (non-hydrogen) atoms. The van der Waals surface area contributed by atoms with Crippen LogP contribution in [-0.4, -0.2) is 47.1 Å². The number of rotatable bonds is 6. The lowest BCUT2D eigenvalue weighted by atomic mass is 10.1. The van der Waals surface area contributed by atoms with Crippen LogP contribution >= 0.6 is 35.1 Å². The van der Waals surface area contributed by atoms with Crippen molar-refractivity contribution >= 4 is 46.5 Å². The quantitative estimate of drug-likeness (QED) is 0.244. The lowest BCUT2D eigenvalue weighted by Gasteiger charge is -2.29. The molecule has 4 heterocycles. The van der Waals surface area contributed by atoms with E-state index in [0.29, 0.717) is 24.9 Å². The van der Waals surface area contributed by atoms with Gasteiger partial charge in [-0.1, -0.05) is 35.7 Å². The third kappa shape index (κ3) is 5.29. The number of anilines is 2. The Balaban J connectivity index is 1.28. The first-order chi connectivity index (χ1) is 18.6. The molecule has 0 amide bonds. The van der Waals surface area contributed by atoms with Crippen molar-refractivity contribution in [1.29, 1.82) is 0 Å². The lowest BCUT2D eigenvalue weighted by Crippen LogP contribution is -2.36. The molecule has 1 unspecified atom stereocenters. The van der Waals surface area contributed by atoms with E-state index < -0.39 is 0 Å². The van der Waals surface area contributed by atoms with Gasteiger partial charge in [0.2, 0.25) is 5.56 Å². The highest BCUT2D eigenvalue weighted by Crippen LogP contribution is 2.52. The number of aromatic nitrogens is 3. The van der Waals surface area contributed by atoms with Crippen LogP contribution in [-0.2, 0) is 4.74 Å². The highest BCUT2D eigenvalue weighted by Gasteiger charge is 2.23. The van der Waals surface area contributed by atoms with Crippen molar-refractivity contribution in [2.45, 2.75) is 32.5 Å². The molecule has 0 bridgehead atoms. The maximum atomic E-state index is 12.6. The molecule has 2 aliphatic rings. The SMILES string of the molecule is Cc1ccnc(C(CCl)Nc2ccc3c(c2)Sc2cccc(-c4cc(N5CCOCC5)cc(=O)[nH]4)c2S3)n1. The van der Waals surface area contributed by atoms with E-state index in [2.05, 4.69) is 61.6 Å². The van der Waals surface area contributed by atoms with Gasteiger partial charge in [0.05, 0.1) is 24.9 Å². The molecule has 1 saturated heterocycles. The summed E-state index contributed by atoms with van der Waals surface area (Å²) >= 11 is 9.73.